The Morgan fingerprint density at radius 1 is 0.362 bits per heavy atom. The monoisotopic (exact) mass is 597 g/mol. The third kappa shape index (κ3) is 4.33. The molecule has 9 rings (SSSR count). The first kappa shape index (κ1) is 26.9. The van der Waals surface area contributed by atoms with Crippen molar-refractivity contribution in [3.8, 4) is 44.5 Å². The molecule has 0 bridgehead atoms. The van der Waals surface area contributed by atoms with Gasteiger partial charge in [-0.3, -0.25) is 0 Å². The minimum atomic E-state index is 0.536. The molecule has 218 valence electrons. The van der Waals surface area contributed by atoms with Crippen LogP contribution in [0.25, 0.3) is 92.8 Å². The number of rotatable bonds is 4. The molecule has 0 aliphatic heterocycles. The molecule has 0 aliphatic carbocycles. The van der Waals surface area contributed by atoms with Crippen LogP contribution in [0.15, 0.2) is 168 Å². The maximum absolute atomic E-state index is 7.59. The van der Waals surface area contributed by atoms with Gasteiger partial charge in [0.15, 0.2) is 0 Å². The second-order valence-electron chi connectivity index (χ2n) is 11.9. The maximum Gasteiger partial charge on any atom is 0.229 e. The molecule has 0 N–H and O–H groups in total. The molecule has 0 unspecified atom stereocenters. The van der Waals surface area contributed by atoms with Crippen molar-refractivity contribution in [3.63, 3.8) is 0 Å². The molecule has 47 heavy (non-hydrogen) atoms. The van der Waals surface area contributed by atoms with E-state index < -0.39 is 0 Å². The van der Waals surface area contributed by atoms with Crippen LogP contribution >= 0.6 is 0 Å². The first-order valence-electron chi connectivity index (χ1n) is 15.8. The van der Waals surface area contributed by atoms with Gasteiger partial charge in [-0.1, -0.05) is 158 Å². The number of benzene rings is 8. The second kappa shape index (κ2) is 10.9. The Kier molecular flexibility index (Phi) is 6.23. The Morgan fingerprint density at radius 2 is 0.872 bits per heavy atom. The van der Waals surface area contributed by atoms with E-state index in [4.69, 9.17) is 11.0 Å². The average Bonchev–Trinajstić information content (AvgIpc) is 3.54. The average molecular weight is 598 g/mol. The second-order valence-corrected chi connectivity index (χ2v) is 11.9. The zero-order chi connectivity index (χ0) is 31.3. The van der Waals surface area contributed by atoms with Gasteiger partial charge in [0.1, 0.15) is 11.2 Å². The normalized spacial score (nSPS) is 11.4. The maximum atomic E-state index is 7.59. The zero-order valence-corrected chi connectivity index (χ0v) is 25.4. The zero-order valence-electron chi connectivity index (χ0n) is 25.4. The van der Waals surface area contributed by atoms with E-state index in [0.717, 1.165) is 33.0 Å². The van der Waals surface area contributed by atoms with Crippen molar-refractivity contribution >= 4 is 49.2 Å². The van der Waals surface area contributed by atoms with Crippen molar-refractivity contribution in [2.75, 3.05) is 0 Å². The Balaban J connectivity index is 1.23. The highest BCUT2D eigenvalue weighted by molar-refractivity contribution is 6.22. The first-order chi connectivity index (χ1) is 23.3. The topological polar surface area (TPSA) is 17.5 Å². The fourth-order valence-electron chi connectivity index (χ4n) is 7.15. The van der Waals surface area contributed by atoms with E-state index in [1.807, 2.05) is 18.2 Å². The third-order valence-corrected chi connectivity index (χ3v) is 9.30. The summed E-state index contributed by atoms with van der Waals surface area (Å²) >= 11 is 0. The molecule has 0 atom stereocenters. The van der Waals surface area contributed by atoms with Crippen LogP contribution in [0.5, 0.6) is 0 Å². The van der Waals surface area contributed by atoms with Crippen molar-refractivity contribution in [1.82, 2.24) is 0 Å². The van der Waals surface area contributed by atoms with Gasteiger partial charge < -0.3 is 4.42 Å². The molecule has 0 aliphatic rings. The Morgan fingerprint density at radius 3 is 1.53 bits per heavy atom. The molecule has 0 spiro atoms. The molecule has 9 aromatic rings. The molecule has 0 saturated carbocycles. The van der Waals surface area contributed by atoms with Crippen molar-refractivity contribution in [1.29, 1.82) is 0 Å². The molecule has 0 fully saturated rings. The largest absolute Gasteiger partial charge is 0.466 e. The van der Waals surface area contributed by atoms with Crippen LogP contribution in [-0.2, 0) is 0 Å². The standard InChI is InChI=1S/C45H27NO/c1-46-41-21-11-20-39-38-19-10-18-34(44(38)47-45(39)41)30-24-22-29(23-25-30)33-26-27-37-40(28-33)43(32-14-6-3-7-15-32)36-17-9-8-16-35(36)42(37)31-12-4-2-5-13-31/h2-28H. The fraction of sp³-hybridized carbons (Fsp3) is 0. The van der Waals surface area contributed by atoms with Gasteiger partial charge >= 0.3 is 0 Å². The summed E-state index contributed by atoms with van der Waals surface area (Å²) in [4.78, 5) is 3.68. The lowest BCUT2D eigenvalue weighted by atomic mass is 9.85. The van der Waals surface area contributed by atoms with Crippen LogP contribution < -0.4 is 0 Å². The smallest absolute Gasteiger partial charge is 0.229 e. The number of nitrogens with zero attached hydrogens (tertiary/aromatic N) is 1. The highest BCUT2D eigenvalue weighted by Crippen LogP contribution is 2.45. The van der Waals surface area contributed by atoms with E-state index in [0.29, 0.717) is 11.3 Å². The summed E-state index contributed by atoms with van der Waals surface area (Å²) in [5.74, 6) is 0. The van der Waals surface area contributed by atoms with Crippen LogP contribution in [0.2, 0.25) is 0 Å². The highest BCUT2D eigenvalue weighted by atomic mass is 16.3. The summed E-state index contributed by atoms with van der Waals surface area (Å²) in [5.41, 5.74) is 11.3. The van der Waals surface area contributed by atoms with Crippen molar-refractivity contribution in [3.05, 3.63) is 175 Å². The quantitative estimate of drug-likeness (QED) is 0.146. The highest BCUT2D eigenvalue weighted by Gasteiger charge is 2.18. The SMILES string of the molecule is [C-]#[N+]c1cccc2c1oc1c(-c3ccc(-c4ccc5c(-c6ccccc6)c6ccccc6c(-c6ccccc6)c5c4)cc3)cccc12. The molecule has 0 amide bonds. The lowest BCUT2D eigenvalue weighted by Crippen LogP contribution is -1.91. The van der Waals surface area contributed by atoms with Gasteiger partial charge in [-0.15, -0.1) is 0 Å². The van der Waals surface area contributed by atoms with Gasteiger partial charge in [0.05, 0.1) is 6.57 Å². The predicted octanol–water partition coefficient (Wildman–Crippen LogP) is 13.1. The van der Waals surface area contributed by atoms with Crippen LogP contribution in [0, 0.1) is 6.57 Å². The van der Waals surface area contributed by atoms with Crippen molar-refractivity contribution in [2.45, 2.75) is 0 Å². The third-order valence-electron chi connectivity index (χ3n) is 9.30. The predicted molar refractivity (Wildman–Crippen MR) is 197 cm³/mol. The number of hydrogen-bond donors (Lipinski definition) is 0. The van der Waals surface area contributed by atoms with E-state index in [9.17, 15) is 0 Å². The molecular weight excluding hydrogens is 571 g/mol. The molecular formula is C45H27NO. The Labute approximate surface area is 272 Å². The Bertz CT molecular complexity index is 2660. The van der Waals surface area contributed by atoms with Crippen LogP contribution in [0.1, 0.15) is 0 Å². The summed E-state index contributed by atoms with van der Waals surface area (Å²) in [5, 5.41) is 6.97. The minimum Gasteiger partial charge on any atom is -0.466 e. The van der Waals surface area contributed by atoms with E-state index >= 15 is 0 Å². The van der Waals surface area contributed by atoms with Crippen LogP contribution in [0.4, 0.5) is 5.69 Å². The molecule has 2 nitrogen and oxygen atoms in total. The molecule has 0 saturated heterocycles. The molecule has 0 radical (unpaired) electrons. The van der Waals surface area contributed by atoms with Gasteiger partial charge in [-0.2, -0.15) is 0 Å². The van der Waals surface area contributed by atoms with Gasteiger partial charge in [-0.05, 0) is 66.6 Å². The van der Waals surface area contributed by atoms with Crippen molar-refractivity contribution in [2.24, 2.45) is 0 Å². The summed E-state index contributed by atoms with van der Waals surface area (Å²) in [6.07, 6.45) is 0. The van der Waals surface area contributed by atoms with E-state index in [1.54, 1.807) is 0 Å². The number of fused-ring (bicyclic) bond motifs is 5. The van der Waals surface area contributed by atoms with E-state index in [2.05, 4.69) is 150 Å². The molecule has 8 aromatic carbocycles. The van der Waals surface area contributed by atoms with Gasteiger partial charge in [0, 0.05) is 16.3 Å². The lowest BCUT2D eigenvalue weighted by Gasteiger charge is -2.18. The number of para-hydroxylation sites is 2. The minimum absolute atomic E-state index is 0.536. The van der Waals surface area contributed by atoms with Crippen molar-refractivity contribution < 1.29 is 4.42 Å². The number of furan rings is 1. The van der Waals surface area contributed by atoms with Crippen LogP contribution in [0.3, 0.4) is 0 Å². The summed E-state index contributed by atoms with van der Waals surface area (Å²) in [7, 11) is 0. The summed E-state index contributed by atoms with van der Waals surface area (Å²) < 4.78 is 6.35. The van der Waals surface area contributed by atoms with Gasteiger partial charge in [-0.25, -0.2) is 4.85 Å². The molecule has 1 heterocycles. The summed E-state index contributed by atoms with van der Waals surface area (Å²) in [6.45, 7) is 7.59. The lowest BCUT2D eigenvalue weighted by molar-refractivity contribution is 0.672. The van der Waals surface area contributed by atoms with E-state index in [-0.39, 0.29) is 0 Å². The van der Waals surface area contributed by atoms with Crippen LogP contribution in [-0.4, -0.2) is 0 Å². The number of hydrogen-bond acceptors (Lipinski definition) is 1. The van der Waals surface area contributed by atoms with Gasteiger partial charge in [0.25, 0.3) is 0 Å². The fourth-order valence-corrected chi connectivity index (χ4v) is 7.15. The Hall–Kier alpha value is -6.43. The first-order valence-corrected chi connectivity index (χ1v) is 15.8. The van der Waals surface area contributed by atoms with E-state index in [1.165, 1.54) is 49.4 Å². The van der Waals surface area contributed by atoms with Gasteiger partial charge in [0.2, 0.25) is 5.69 Å². The molecule has 1 aromatic heterocycles. The molecule has 2 heteroatoms. The summed E-state index contributed by atoms with van der Waals surface area (Å²) in [6, 6.07) is 57.9.